The molecule has 0 fully saturated rings. The average molecular weight is 321 g/mol. The van der Waals surface area contributed by atoms with Gasteiger partial charge < -0.3 is 9.47 Å². The van der Waals surface area contributed by atoms with Crippen LogP contribution in [0.15, 0.2) is 30.3 Å². The molecule has 0 radical (unpaired) electrons. The van der Waals surface area contributed by atoms with E-state index in [1.165, 1.54) is 4.90 Å². The number of amides is 1. The lowest BCUT2D eigenvalue weighted by Crippen LogP contribution is -2.48. The summed E-state index contributed by atoms with van der Waals surface area (Å²) in [5.41, 5.74) is 0.983. The number of hydrogen-bond acceptors (Lipinski definition) is 4. The van der Waals surface area contributed by atoms with Gasteiger partial charge in [0.05, 0.1) is 13.2 Å². The van der Waals surface area contributed by atoms with Gasteiger partial charge in [-0.2, -0.15) is 0 Å². The maximum atomic E-state index is 12.4. The van der Waals surface area contributed by atoms with E-state index in [-0.39, 0.29) is 19.2 Å². The molecule has 1 rings (SSSR count). The molecule has 0 aliphatic heterocycles. The van der Waals surface area contributed by atoms with Crippen LogP contribution in [0.25, 0.3) is 0 Å². The van der Waals surface area contributed by atoms with Crippen LogP contribution in [0.4, 0.5) is 4.79 Å². The fourth-order valence-electron chi connectivity index (χ4n) is 2.31. The molecule has 0 bridgehead atoms. The molecule has 1 aromatic rings. The van der Waals surface area contributed by atoms with Crippen LogP contribution in [0.3, 0.4) is 0 Å². The molecule has 23 heavy (non-hydrogen) atoms. The number of benzene rings is 1. The topological polar surface area (TPSA) is 55.8 Å². The Labute approximate surface area is 138 Å². The van der Waals surface area contributed by atoms with Gasteiger partial charge in [0.15, 0.2) is 0 Å². The third-order valence-electron chi connectivity index (χ3n) is 3.46. The number of hydrogen-bond donors (Lipinski definition) is 0. The van der Waals surface area contributed by atoms with E-state index in [2.05, 4.69) is 0 Å². The van der Waals surface area contributed by atoms with Crippen LogP contribution in [-0.4, -0.2) is 42.8 Å². The molecule has 5 heteroatoms. The maximum Gasteiger partial charge on any atom is 0.410 e. The first kappa shape index (κ1) is 19.0. The number of carbonyl (C=O) groups excluding carboxylic acids is 2. The number of ether oxygens (including phenoxy) is 2. The molecule has 0 unspecified atom stereocenters. The van der Waals surface area contributed by atoms with Crippen molar-refractivity contribution in [3.63, 3.8) is 0 Å². The summed E-state index contributed by atoms with van der Waals surface area (Å²) in [5, 5.41) is 0. The SMILES string of the molecule is CCCCN(C(=O)OCC)[C@@H](Cc1ccccc1)C(=O)OCC. The average Bonchev–Trinajstić information content (AvgIpc) is 2.55. The van der Waals surface area contributed by atoms with E-state index in [1.54, 1.807) is 13.8 Å². The molecule has 0 saturated carbocycles. The zero-order valence-electron chi connectivity index (χ0n) is 14.3. The normalized spacial score (nSPS) is 11.6. The van der Waals surface area contributed by atoms with Crippen molar-refractivity contribution < 1.29 is 19.1 Å². The first-order valence-corrected chi connectivity index (χ1v) is 8.27. The molecule has 0 aliphatic carbocycles. The van der Waals surface area contributed by atoms with Crippen molar-refractivity contribution in [3.05, 3.63) is 35.9 Å². The highest BCUT2D eigenvalue weighted by Crippen LogP contribution is 2.14. The summed E-state index contributed by atoms with van der Waals surface area (Å²) in [6.07, 6.45) is 1.69. The Morgan fingerprint density at radius 3 is 2.26 bits per heavy atom. The summed E-state index contributed by atoms with van der Waals surface area (Å²) in [6.45, 7) is 6.60. The van der Waals surface area contributed by atoms with Crippen LogP contribution in [0.1, 0.15) is 39.2 Å². The fourth-order valence-corrected chi connectivity index (χ4v) is 2.31. The lowest BCUT2D eigenvalue weighted by molar-refractivity contribution is -0.149. The van der Waals surface area contributed by atoms with E-state index in [0.717, 1.165) is 18.4 Å². The summed E-state index contributed by atoms with van der Waals surface area (Å²) >= 11 is 0. The van der Waals surface area contributed by atoms with Crippen molar-refractivity contribution in [2.24, 2.45) is 0 Å². The van der Waals surface area contributed by atoms with Gasteiger partial charge in [-0.1, -0.05) is 43.7 Å². The van der Waals surface area contributed by atoms with E-state index >= 15 is 0 Å². The first-order valence-electron chi connectivity index (χ1n) is 8.27. The Hall–Kier alpha value is -2.04. The van der Waals surface area contributed by atoms with Gasteiger partial charge in [0, 0.05) is 13.0 Å². The summed E-state index contributed by atoms with van der Waals surface area (Å²) < 4.78 is 10.3. The smallest absolute Gasteiger partial charge is 0.410 e. The number of nitrogens with zero attached hydrogens (tertiary/aromatic N) is 1. The van der Waals surface area contributed by atoms with Crippen molar-refractivity contribution >= 4 is 12.1 Å². The highest BCUT2D eigenvalue weighted by atomic mass is 16.6. The van der Waals surface area contributed by atoms with Crippen molar-refractivity contribution in [2.75, 3.05) is 19.8 Å². The fraction of sp³-hybridized carbons (Fsp3) is 0.556. The Morgan fingerprint density at radius 1 is 1.04 bits per heavy atom. The predicted molar refractivity (Wildman–Crippen MR) is 89.2 cm³/mol. The quantitative estimate of drug-likeness (QED) is 0.654. The zero-order chi connectivity index (χ0) is 17.1. The van der Waals surface area contributed by atoms with E-state index in [9.17, 15) is 9.59 Å². The van der Waals surface area contributed by atoms with Gasteiger partial charge in [-0.05, 0) is 25.8 Å². The van der Waals surface area contributed by atoms with E-state index in [1.807, 2.05) is 37.3 Å². The Kier molecular flexibility index (Phi) is 8.80. The second-order valence-corrected chi connectivity index (χ2v) is 5.20. The minimum absolute atomic E-state index is 0.280. The molecule has 1 amide bonds. The summed E-state index contributed by atoms with van der Waals surface area (Å²) in [6, 6.07) is 8.97. The number of carbonyl (C=O) groups is 2. The molecule has 128 valence electrons. The third-order valence-corrected chi connectivity index (χ3v) is 3.46. The van der Waals surface area contributed by atoms with Gasteiger partial charge in [-0.25, -0.2) is 9.59 Å². The van der Waals surface area contributed by atoms with E-state index in [0.29, 0.717) is 13.0 Å². The van der Waals surface area contributed by atoms with Gasteiger partial charge in [0.1, 0.15) is 6.04 Å². The summed E-state index contributed by atoms with van der Waals surface area (Å²) in [4.78, 5) is 26.2. The van der Waals surface area contributed by atoms with Crippen LogP contribution in [-0.2, 0) is 20.7 Å². The van der Waals surface area contributed by atoms with Crippen LogP contribution in [0, 0.1) is 0 Å². The molecule has 0 aliphatic rings. The lowest BCUT2D eigenvalue weighted by Gasteiger charge is -2.29. The summed E-state index contributed by atoms with van der Waals surface area (Å²) in [5.74, 6) is -0.388. The Balaban J connectivity index is 3.00. The van der Waals surface area contributed by atoms with Gasteiger partial charge in [0.2, 0.25) is 0 Å². The monoisotopic (exact) mass is 321 g/mol. The van der Waals surface area contributed by atoms with Crippen LogP contribution < -0.4 is 0 Å². The third kappa shape index (κ3) is 6.30. The van der Waals surface area contributed by atoms with Crippen molar-refractivity contribution in [1.82, 2.24) is 4.90 Å². The molecule has 0 N–H and O–H groups in total. The van der Waals surface area contributed by atoms with Crippen molar-refractivity contribution in [3.8, 4) is 0 Å². The molecular formula is C18H27NO4. The minimum atomic E-state index is -0.664. The molecule has 1 atom stereocenters. The van der Waals surface area contributed by atoms with Gasteiger partial charge in [-0.3, -0.25) is 4.90 Å². The number of rotatable bonds is 9. The van der Waals surface area contributed by atoms with Gasteiger partial charge >= 0.3 is 12.1 Å². The first-order chi connectivity index (χ1) is 11.1. The maximum absolute atomic E-state index is 12.4. The molecule has 1 aromatic carbocycles. The lowest BCUT2D eigenvalue weighted by atomic mass is 10.0. The van der Waals surface area contributed by atoms with Crippen LogP contribution >= 0.6 is 0 Å². The molecule has 0 saturated heterocycles. The standard InChI is InChI=1S/C18H27NO4/c1-4-7-13-19(18(21)23-6-3)16(17(20)22-5-2)14-15-11-9-8-10-12-15/h8-12,16H,4-7,13-14H2,1-3H3/t16-/m0/s1. The van der Waals surface area contributed by atoms with Crippen molar-refractivity contribution in [1.29, 1.82) is 0 Å². The highest BCUT2D eigenvalue weighted by Gasteiger charge is 2.31. The van der Waals surface area contributed by atoms with Gasteiger partial charge in [-0.15, -0.1) is 0 Å². The highest BCUT2D eigenvalue weighted by molar-refractivity contribution is 5.81. The second-order valence-electron chi connectivity index (χ2n) is 5.20. The molecule has 0 spiro atoms. The van der Waals surface area contributed by atoms with Crippen LogP contribution in [0.2, 0.25) is 0 Å². The second kappa shape index (κ2) is 10.6. The number of unbranched alkanes of at least 4 members (excludes halogenated alkanes) is 1. The largest absolute Gasteiger partial charge is 0.464 e. The molecule has 5 nitrogen and oxygen atoms in total. The Morgan fingerprint density at radius 2 is 1.70 bits per heavy atom. The Bertz CT molecular complexity index is 475. The van der Waals surface area contributed by atoms with Crippen molar-refractivity contribution in [2.45, 2.75) is 46.1 Å². The predicted octanol–water partition coefficient (Wildman–Crippen LogP) is 3.42. The molecular weight excluding hydrogens is 294 g/mol. The summed E-state index contributed by atoms with van der Waals surface area (Å²) in [7, 11) is 0. The molecule has 0 heterocycles. The van der Waals surface area contributed by atoms with E-state index < -0.39 is 12.1 Å². The number of esters is 1. The van der Waals surface area contributed by atoms with Gasteiger partial charge in [0.25, 0.3) is 0 Å². The van der Waals surface area contributed by atoms with E-state index in [4.69, 9.17) is 9.47 Å². The van der Waals surface area contributed by atoms with Crippen LogP contribution in [0.5, 0.6) is 0 Å². The zero-order valence-corrected chi connectivity index (χ0v) is 14.3. The minimum Gasteiger partial charge on any atom is -0.464 e. The molecule has 0 aromatic heterocycles.